The number of amidine groups is 1. The summed E-state index contributed by atoms with van der Waals surface area (Å²) in [5.41, 5.74) is 5.94. The Kier molecular flexibility index (Phi) is 7.66. The van der Waals surface area contributed by atoms with Crippen LogP contribution in [-0.2, 0) is 10.2 Å². The molecule has 4 aliphatic rings. The zero-order chi connectivity index (χ0) is 31.0. The number of carbonyl (C=O) groups excluding carboxylic acids is 2. The summed E-state index contributed by atoms with van der Waals surface area (Å²) in [6.07, 6.45) is 7.30. The van der Waals surface area contributed by atoms with Crippen LogP contribution in [0.1, 0.15) is 38.8 Å². The van der Waals surface area contributed by atoms with Gasteiger partial charge in [-0.15, -0.1) is 0 Å². The van der Waals surface area contributed by atoms with Crippen molar-refractivity contribution >= 4 is 34.8 Å². The minimum Gasteiger partial charge on any atom is -0.378 e. The van der Waals surface area contributed by atoms with Crippen LogP contribution < -0.4 is 25.8 Å². The number of amides is 2. The van der Waals surface area contributed by atoms with E-state index < -0.39 is 0 Å². The van der Waals surface area contributed by atoms with Crippen LogP contribution in [0, 0.1) is 6.92 Å². The highest BCUT2D eigenvalue weighted by molar-refractivity contribution is 6.07. The van der Waals surface area contributed by atoms with Gasteiger partial charge in [0.25, 0.3) is 11.8 Å². The number of hydrogen-bond donors (Lipinski definition) is 3. The molecule has 5 heterocycles. The van der Waals surface area contributed by atoms with E-state index in [0.29, 0.717) is 49.9 Å². The number of rotatable bonds is 7. The standard InChI is InChI=1S/C34H36N8O3/c1-23-27(39-32(43)24-6-9-26(10-7-24)34(2)20-35-21-34)4-3-5-29(23)42-19-28(31-36-12-13-41(31)22-42)38-30-11-8-25(18-37-30)33(44)40-14-16-45-17-15-40/h3-13,18-19,35H,14-17,20-22H2,1-2H3,(H,37,38)(H,39,43)/q+1. The fraction of sp³-hybridized carbons (Fsp3) is 0.294. The van der Waals surface area contributed by atoms with Crippen molar-refractivity contribution in [3.63, 3.8) is 0 Å². The Morgan fingerprint density at radius 3 is 2.51 bits per heavy atom. The molecule has 0 saturated carbocycles. The van der Waals surface area contributed by atoms with E-state index in [-0.39, 0.29) is 17.2 Å². The molecule has 0 unspecified atom stereocenters. The van der Waals surface area contributed by atoms with Crippen LogP contribution in [-0.4, -0.2) is 73.6 Å². The highest BCUT2D eigenvalue weighted by Gasteiger charge is 2.37. The number of ether oxygens (including phenoxy) is 1. The average molecular weight is 605 g/mol. The molecule has 2 aromatic carbocycles. The van der Waals surface area contributed by atoms with Crippen LogP contribution in [0.4, 0.5) is 17.2 Å². The minimum absolute atomic E-state index is 0.0454. The van der Waals surface area contributed by atoms with E-state index in [9.17, 15) is 9.59 Å². The molecule has 11 nitrogen and oxygen atoms in total. The minimum atomic E-state index is -0.145. The Morgan fingerprint density at radius 2 is 1.80 bits per heavy atom. The number of pyridine rings is 1. The summed E-state index contributed by atoms with van der Waals surface area (Å²) in [5.74, 6) is 1.19. The SMILES string of the molecule is Cc1c(NC(=O)c2ccc(C3(C)CNC3)cc2)cccc1N1C=C(Nc2ccc(C(=O)N3CCOCC3)cn2)C2=NC=C[N+]2C1. The summed E-state index contributed by atoms with van der Waals surface area (Å²) in [6.45, 7) is 8.96. The van der Waals surface area contributed by atoms with Crippen molar-refractivity contribution in [3.05, 3.63) is 107 Å². The molecule has 45 heavy (non-hydrogen) atoms. The molecular formula is C34H36N8O3+. The predicted octanol–water partition coefficient (Wildman–Crippen LogP) is 3.73. The summed E-state index contributed by atoms with van der Waals surface area (Å²) in [5, 5.41) is 9.83. The highest BCUT2D eigenvalue weighted by Crippen LogP contribution is 2.31. The van der Waals surface area contributed by atoms with E-state index in [2.05, 4.69) is 49.9 Å². The normalized spacial score (nSPS) is 18.9. The molecular weight excluding hydrogens is 568 g/mol. The lowest BCUT2D eigenvalue weighted by molar-refractivity contribution is 0.0302. The van der Waals surface area contributed by atoms with Crippen molar-refractivity contribution in [1.29, 1.82) is 0 Å². The highest BCUT2D eigenvalue weighted by atomic mass is 16.5. The third-order valence-corrected chi connectivity index (χ3v) is 8.85. The number of morpholine rings is 1. The van der Waals surface area contributed by atoms with Crippen LogP contribution in [0.5, 0.6) is 0 Å². The molecule has 2 saturated heterocycles. The largest absolute Gasteiger partial charge is 0.378 e. The summed E-state index contributed by atoms with van der Waals surface area (Å²) in [7, 11) is 0. The fourth-order valence-electron chi connectivity index (χ4n) is 5.99. The van der Waals surface area contributed by atoms with Gasteiger partial charge in [-0.3, -0.25) is 14.5 Å². The molecule has 0 spiro atoms. The van der Waals surface area contributed by atoms with Crippen LogP contribution in [0.25, 0.3) is 0 Å². The zero-order valence-corrected chi connectivity index (χ0v) is 25.4. The monoisotopic (exact) mass is 604 g/mol. The van der Waals surface area contributed by atoms with Gasteiger partial charge in [0.15, 0.2) is 6.20 Å². The Labute approximate surface area is 262 Å². The number of hydrogen-bond acceptors (Lipinski definition) is 9. The number of anilines is 3. The van der Waals surface area contributed by atoms with Gasteiger partial charge < -0.3 is 25.6 Å². The van der Waals surface area contributed by atoms with Crippen LogP contribution in [0.3, 0.4) is 0 Å². The molecule has 3 aromatic rings. The second-order valence-electron chi connectivity index (χ2n) is 12.0. The van der Waals surface area contributed by atoms with Crippen LogP contribution >= 0.6 is 0 Å². The fourth-order valence-corrected chi connectivity index (χ4v) is 5.99. The quantitative estimate of drug-likeness (QED) is 0.352. The van der Waals surface area contributed by atoms with Crippen molar-refractivity contribution in [3.8, 4) is 0 Å². The molecule has 7 rings (SSSR count). The molecule has 11 heteroatoms. The molecule has 1 radical (unpaired) electrons. The second-order valence-corrected chi connectivity index (χ2v) is 12.0. The Bertz CT molecular complexity index is 1700. The number of carbonyl (C=O) groups is 2. The van der Waals surface area contributed by atoms with Gasteiger partial charge in [0, 0.05) is 55.2 Å². The maximum Gasteiger partial charge on any atom is 0.308 e. The van der Waals surface area contributed by atoms with Gasteiger partial charge in [-0.25, -0.2) is 4.98 Å². The first-order chi connectivity index (χ1) is 21.9. The van der Waals surface area contributed by atoms with E-state index in [0.717, 1.165) is 41.6 Å². The average Bonchev–Trinajstić information content (AvgIpc) is 3.54. The zero-order valence-electron chi connectivity index (χ0n) is 25.4. The second kappa shape index (κ2) is 11.9. The van der Waals surface area contributed by atoms with Crippen molar-refractivity contribution in [2.45, 2.75) is 19.3 Å². The smallest absolute Gasteiger partial charge is 0.308 e. The lowest BCUT2D eigenvalue weighted by atomic mass is 9.77. The summed E-state index contributed by atoms with van der Waals surface area (Å²) >= 11 is 0. The van der Waals surface area contributed by atoms with E-state index in [1.165, 1.54) is 5.56 Å². The summed E-state index contributed by atoms with van der Waals surface area (Å²) in [6, 6.07) is 17.4. The van der Waals surface area contributed by atoms with Gasteiger partial charge in [-0.2, -0.15) is 4.99 Å². The third kappa shape index (κ3) is 5.73. The number of nitrogens with zero attached hydrogens (tertiary/aromatic N) is 5. The summed E-state index contributed by atoms with van der Waals surface area (Å²) < 4.78 is 5.36. The molecule has 0 bridgehead atoms. The van der Waals surface area contributed by atoms with Crippen LogP contribution in [0.15, 0.2) is 90.1 Å². The number of nitrogens with one attached hydrogen (secondary N) is 3. The first kappa shape index (κ1) is 28.9. The Balaban J connectivity index is 1.08. The molecule has 1 aromatic heterocycles. The van der Waals surface area contributed by atoms with Gasteiger partial charge >= 0.3 is 5.84 Å². The lowest BCUT2D eigenvalue weighted by Gasteiger charge is -2.40. The van der Waals surface area contributed by atoms with E-state index >= 15 is 0 Å². The molecule has 2 amide bonds. The van der Waals surface area contributed by atoms with Crippen LogP contribution in [0.2, 0.25) is 0 Å². The maximum absolute atomic E-state index is 13.2. The lowest BCUT2D eigenvalue weighted by Crippen LogP contribution is -2.54. The predicted molar refractivity (Wildman–Crippen MR) is 175 cm³/mol. The number of benzene rings is 2. The topological polar surface area (TPSA) is 117 Å². The van der Waals surface area contributed by atoms with E-state index in [1.807, 2.05) is 54.6 Å². The molecule has 0 aliphatic carbocycles. The van der Waals surface area contributed by atoms with Gasteiger partial charge in [0.2, 0.25) is 6.67 Å². The third-order valence-electron chi connectivity index (χ3n) is 8.85. The van der Waals surface area contributed by atoms with Gasteiger partial charge in [0.1, 0.15) is 11.5 Å². The van der Waals surface area contributed by atoms with Crippen molar-refractivity contribution in [2.24, 2.45) is 4.99 Å². The number of fused-ring (bicyclic) bond motifs is 1. The Hall–Kier alpha value is -4.84. The van der Waals surface area contributed by atoms with E-state index in [1.54, 1.807) is 29.4 Å². The maximum atomic E-state index is 13.2. The molecule has 229 valence electrons. The molecule has 0 atom stereocenters. The summed E-state index contributed by atoms with van der Waals surface area (Å²) in [4.78, 5) is 41.1. The Morgan fingerprint density at radius 1 is 1.02 bits per heavy atom. The van der Waals surface area contributed by atoms with Crippen molar-refractivity contribution < 1.29 is 14.3 Å². The molecule has 4 aliphatic heterocycles. The first-order valence-corrected chi connectivity index (χ1v) is 15.2. The van der Waals surface area contributed by atoms with Crippen molar-refractivity contribution in [2.75, 3.05) is 61.6 Å². The number of aliphatic imine (C=N–C) groups is 1. The van der Waals surface area contributed by atoms with E-state index in [4.69, 9.17) is 4.74 Å². The van der Waals surface area contributed by atoms with Gasteiger partial charge in [-0.1, -0.05) is 30.0 Å². The van der Waals surface area contributed by atoms with Gasteiger partial charge in [-0.05, 0) is 54.4 Å². The van der Waals surface area contributed by atoms with Gasteiger partial charge in [0.05, 0.1) is 30.7 Å². The number of aromatic nitrogens is 1. The first-order valence-electron chi connectivity index (χ1n) is 15.2. The molecule has 2 fully saturated rings. The molecule has 3 N–H and O–H groups in total. The van der Waals surface area contributed by atoms with Crippen molar-refractivity contribution in [1.82, 2.24) is 20.1 Å².